The maximum Gasteiger partial charge on any atom is 0.216 e. The van der Waals surface area contributed by atoms with Crippen molar-refractivity contribution in [3.05, 3.63) is 41.5 Å². The monoisotopic (exact) mass is 288 g/mol. The lowest BCUT2D eigenvalue weighted by Crippen LogP contribution is -2.39. The van der Waals surface area contributed by atoms with Crippen LogP contribution in [0.3, 0.4) is 0 Å². The summed E-state index contributed by atoms with van der Waals surface area (Å²) in [6.07, 6.45) is 6.43. The summed E-state index contributed by atoms with van der Waals surface area (Å²) in [4.78, 5) is 10.7. The number of rotatable bonds is 5. The molecule has 0 unspecified atom stereocenters. The average Bonchev–Trinajstić information content (AvgIpc) is 2.48. The molecule has 0 atom stereocenters. The Bertz CT molecular complexity index is 488. The molecule has 1 heterocycles. The Morgan fingerprint density at radius 3 is 2.62 bits per heavy atom. The summed E-state index contributed by atoms with van der Waals surface area (Å²) in [6, 6.07) is 8.09. The molecule has 1 aliphatic heterocycles. The van der Waals surface area contributed by atoms with Crippen LogP contribution >= 0.6 is 0 Å². The molecular formula is C17H24N2O2. The summed E-state index contributed by atoms with van der Waals surface area (Å²) in [6.45, 7) is 3.91. The highest BCUT2D eigenvalue weighted by Gasteiger charge is 2.30. The van der Waals surface area contributed by atoms with Gasteiger partial charge in [0.1, 0.15) is 0 Å². The minimum atomic E-state index is -0.682. The van der Waals surface area contributed by atoms with Gasteiger partial charge in [-0.2, -0.15) is 0 Å². The quantitative estimate of drug-likeness (QED) is 0.724. The molecule has 3 N–H and O–H groups in total. The van der Waals surface area contributed by atoms with Crippen LogP contribution in [-0.2, 0) is 10.4 Å². The van der Waals surface area contributed by atoms with Crippen LogP contribution < -0.4 is 10.6 Å². The number of carbonyl (C=O) groups excluding carboxylic acids is 1. The third-order valence-electron chi connectivity index (χ3n) is 3.87. The van der Waals surface area contributed by atoms with Crippen LogP contribution in [0.5, 0.6) is 0 Å². The number of aliphatic hydroxyl groups is 1. The van der Waals surface area contributed by atoms with E-state index in [-0.39, 0.29) is 5.91 Å². The highest BCUT2D eigenvalue weighted by Crippen LogP contribution is 2.30. The Kier molecular flexibility index (Phi) is 5.53. The number of benzene rings is 1. The molecule has 0 aromatic heterocycles. The van der Waals surface area contributed by atoms with Crippen LogP contribution in [0.1, 0.15) is 37.3 Å². The summed E-state index contributed by atoms with van der Waals surface area (Å²) in [5, 5.41) is 16.7. The highest BCUT2D eigenvalue weighted by molar-refractivity contribution is 5.72. The van der Waals surface area contributed by atoms with Gasteiger partial charge in [0, 0.05) is 13.5 Å². The van der Waals surface area contributed by atoms with E-state index in [0.29, 0.717) is 6.54 Å². The van der Waals surface area contributed by atoms with Crippen molar-refractivity contribution >= 4 is 12.0 Å². The van der Waals surface area contributed by atoms with E-state index in [1.807, 2.05) is 36.4 Å². The van der Waals surface area contributed by atoms with Crippen molar-refractivity contribution in [2.24, 2.45) is 0 Å². The summed E-state index contributed by atoms with van der Waals surface area (Å²) < 4.78 is 0. The van der Waals surface area contributed by atoms with Crippen molar-refractivity contribution in [3.63, 3.8) is 0 Å². The minimum absolute atomic E-state index is 0.00275. The van der Waals surface area contributed by atoms with E-state index in [1.54, 1.807) is 0 Å². The second-order valence-corrected chi connectivity index (χ2v) is 5.58. The fourth-order valence-corrected chi connectivity index (χ4v) is 2.58. The third-order valence-corrected chi connectivity index (χ3v) is 3.87. The molecule has 1 fully saturated rings. The number of nitrogens with one attached hydrogen (secondary N) is 2. The van der Waals surface area contributed by atoms with Gasteiger partial charge in [-0.25, -0.2) is 0 Å². The molecule has 0 saturated carbocycles. The summed E-state index contributed by atoms with van der Waals surface area (Å²) in [7, 11) is 0. The Morgan fingerprint density at radius 1 is 1.33 bits per heavy atom. The average molecular weight is 288 g/mol. The number of piperidine rings is 1. The predicted octanol–water partition coefficient (Wildman–Crippen LogP) is 1.80. The zero-order valence-electron chi connectivity index (χ0n) is 12.6. The molecule has 114 valence electrons. The van der Waals surface area contributed by atoms with Crippen molar-refractivity contribution in [3.8, 4) is 0 Å². The van der Waals surface area contributed by atoms with Gasteiger partial charge >= 0.3 is 0 Å². The van der Waals surface area contributed by atoms with Gasteiger partial charge in [-0.15, -0.1) is 0 Å². The van der Waals surface area contributed by atoms with Crippen LogP contribution in [0.25, 0.3) is 6.08 Å². The lowest BCUT2D eigenvalue weighted by atomic mass is 9.85. The number of amides is 1. The fraction of sp³-hybridized carbons (Fsp3) is 0.471. The predicted molar refractivity (Wildman–Crippen MR) is 84.8 cm³/mol. The Labute approximate surface area is 126 Å². The first-order chi connectivity index (χ1) is 10.1. The van der Waals surface area contributed by atoms with E-state index in [2.05, 4.69) is 10.6 Å². The Morgan fingerprint density at radius 2 is 2.00 bits per heavy atom. The maximum atomic E-state index is 10.7. The SMILES string of the molecule is CC(=O)NCCC=Cc1ccc(C2(O)CCNCC2)cc1. The highest BCUT2D eigenvalue weighted by atomic mass is 16.3. The standard InChI is InChI=1S/C17H24N2O2/c1-14(20)19-11-3-2-4-15-5-7-16(8-6-15)17(21)9-12-18-13-10-17/h2,4-8,18,21H,3,9-13H2,1H3,(H,19,20). The molecule has 0 aliphatic carbocycles. The number of carbonyl (C=O) groups is 1. The second kappa shape index (κ2) is 7.38. The zero-order chi connectivity index (χ0) is 15.1. The van der Waals surface area contributed by atoms with Crippen molar-refractivity contribution in [1.82, 2.24) is 10.6 Å². The van der Waals surface area contributed by atoms with Crippen LogP contribution in [0.4, 0.5) is 0 Å². The smallest absolute Gasteiger partial charge is 0.216 e. The van der Waals surface area contributed by atoms with E-state index in [9.17, 15) is 9.90 Å². The van der Waals surface area contributed by atoms with Gasteiger partial charge in [0.15, 0.2) is 0 Å². The van der Waals surface area contributed by atoms with E-state index >= 15 is 0 Å². The normalized spacial score (nSPS) is 17.8. The molecule has 2 rings (SSSR count). The molecule has 4 heteroatoms. The Balaban J connectivity index is 1.89. The van der Waals surface area contributed by atoms with Crippen molar-refractivity contribution in [2.45, 2.75) is 31.8 Å². The number of hydrogen-bond donors (Lipinski definition) is 3. The molecule has 4 nitrogen and oxygen atoms in total. The largest absolute Gasteiger partial charge is 0.385 e. The van der Waals surface area contributed by atoms with Crippen LogP contribution in [-0.4, -0.2) is 30.6 Å². The van der Waals surface area contributed by atoms with E-state index in [0.717, 1.165) is 43.5 Å². The Hall–Kier alpha value is -1.65. The second-order valence-electron chi connectivity index (χ2n) is 5.58. The van der Waals surface area contributed by atoms with Crippen LogP contribution in [0.15, 0.2) is 30.3 Å². The third kappa shape index (κ3) is 4.69. The molecule has 0 spiro atoms. The van der Waals surface area contributed by atoms with Gasteiger partial charge in [0.05, 0.1) is 5.60 Å². The van der Waals surface area contributed by atoms with Gasteiger partial charge in [0.25, 0.3) is 0 Å². The zero-order valence-corrected chi connectivity index (χ0v) is 12.6. The first-order valence-electron chi connectivity index (χ1n) is 7.55. The molecule has 0 bridgehead atoms. The van der Waals surface area contributed by atoms with Crippen LogP contribution in [0.2, 0.25) is 0 Å². The molecule has 1 aromatic carbocycles. The molecule has 1 aliphatic rings. The molecule has 1 saturated heterocycles. The molecular weight excluding hydrogens is 264 g/mol. The van der Waals surface area contributed by atoms with E-state index in [4.69, 9.17) is 0 Å². The lowest BCUT2D eigenvalue weighted by molar-refractivity contribution is -0.118. The molecule has 1 aromatic rings. The topological polar surface area (TPSA) is 61.4 Å². The first kappa shape index (κ1) is 15.7. The summed E-state index contributed by atoms with van der Waals surface area (Å²) in [5.41, 5.74) is 1.43. The summed E-state index contributed by atoms with van der Waals surface area (Å²) in [5.74, 6) is 0.00275. The van der Waals surface area contributed by atoms with Crippen molar-refractivity contribution in [2.75, 3.05) is 19.6 Å². The van der Waals surface area contributed by atoms with Crippen LogP contribution in [0, 0.1) is 0 Å². The van der Waals surface area contributed by atoms with Crippen molar-refractivity contribution in [1.29, 1.82) is 0 Å². The van der Waals surface area contributed by atoms with Gasteiger partial charge in [0.2, 0.25) is 5.91 Å². The molecule has 1 amide bonds. The molecule has 21 heavy (non-hydrogen) atoms. The van der Waals surface area contributed by atoms with Crippen molar-refractivity contribution < 1.29 is 9.90 Å². The fourth-order valence-electron chi connectivity index (χ4n) is 2.58. The lowest BCUT2D eigenvalue weighted by Gasteiger charge is -2.33. The summed E-state index contributed by atoms with van der Waals surface area (Å²) >= 11 is 0. The maximum absolute atomic E-state index is 10.7. The molecule has 0 radical (unpaired) electrons. The van der Waals surface area contributed by atoms with E-state index < -0.39 is 5.60 Å². The van der Waals surface area contributed by atoms with Gasteiger partial charge in [-0.05, 0) is 43.5 Å². The first-order valence-corrected chi connectivity index (χ1v) is 7.55. The van der Waals surface area contributed by atoms with Gasteiger partial charge in [-0.3, -0.25) is 4.79 Å². The van der Waals surface area contributed by atoms with E-state index in [1.165, 1.54) is 6.92 Å². The van der Waals surface area contributed by atoms with Gasteiger partial charge in [-0.1, -0.05) is 36.4 Å². The number of hydrogen-bond acceptors (Lipinski definition) is 3. The van der Waals surface area contributed by atoms with Gasteiger partial charge < -0.3 is 15.7 Å². The minimum Gasteiger partial charge on any atom is -0.385 e.